The quantitative estimate of drug-likeness (QED) is 0.625. The molecule has 0 bridgehead atoms. The molecule has 1 atom stereocenters. The topological polar surface area (TPSA) is 71.7 Å². The number of hydrogen-bond acceptors (Lipinski definition) is 3. The number of nitrogens with zero attached hydrogens (tertiary/aromatic N) is 2. The van der Waals surface area contributed by atoms with Gasteiger partial charge in [0, 0.05) is 5.56 Å². The summed E-state index contributed by atoms with van der Waals surface area (Å²) in [6.45, 7) is 2.87. The number of rotatable bonds is 3. The summed E-state index contributed by atoms with van der Waals surface area (Å²) >= 11 is 0.758. The molecule has 1 heterocycles. The molecule has 0 saturated heterocycles. The molecule has 0 saturated carbocycles. The number of aromatic nitrogens is 1. The number of halogens is 4. The molecule has 1 N–H and O–H groups in total. The van der Waals surface area contributed by atoms with Crippen molar-refractivity contribution in [2.75, 3.05) is 0 Å². The fourth-order valence-corrected chi connectivity index (χ4v) is 3.90. The van der Waals surface area contributed by atoms with Crippen molar-refractivity contribution in [3.05, 3.63) is 63.7 Å². The second-order valence-electron chi connectivity index (χ2n) is 6.31. The van der Waals surface area contributed by atoms with Crippen LogP contribution in [0.1, 0.15) is 34.5 Å². The normalized spacial score (nSPS) is 13.7. The second kappa shape index (κ2) is 7.43. The molecule has 1 amide bonds. The average molecular weight is 426 g/mol. The van der Waals surface area contributed by atoms with Gasteiger partial charge in [-0.3, -0.25) is 4.79 Å². The van der Waals surface area contributed by atoms with Crippen LogP contribution in [0.4, 0.5) is 17.6 Å². The van der Waals surface area contributed by atoms with E-state index in [0.29, 0.717) is 11.6 Å². The lowest BCUT2D eigenvalue weighted by Crippen LogP contribution is -2.25. The molecule has 29 heavy (non-hydrogen) atoms. The average Bonchev–Trinajstić information content (AvgIpc) is 3.02. The van der Waals surface area contributed by atoms with Crippen LogP contribution < -0.4 is 4.80 Å². The van der Waals surface area contributed by atoms with Gasteiger partial charge in [-0.05, 0) is 43.7 Å². The molecule has 3 aromatic rings. The van der Waals surface area contributed by atoms with Gasteiger partial charge in [-0.25, -0.2) is 9.18 Å². The standard InChI is InChI=1S/C19H14F4N2O3S/c1-9-6-7-13-15(14(9)20)29-18(25(13)10(2)17(27)28)24-16(26)11-4-3-5-12(8-11)19(21,22)23/h3-8,10H,1-2H3,(H,27,28). The number of aliphatic carboxylic acids is 1. The van der Waals surface area contributed by atoms with E-state index in [1.54, 1.807) is 0 Å². The fraction of sp³-hybridized carbons (Fsp3) is 0.211. The number of fused-ring (bicyclic) bond motifs is 1. The van der Waals surface area contributed by atoms with Crippen LogP contribution in [-0.2, 0) is 11.0 Å². The number of carbonyl (C=O) groups excluding carboxylic acids is 1. The third-order valence-corrected chi connectivity index (χ3v) is 5.37. The van der Waals surface area contributed by atoms with Crippen LogP contribution in [0.25, 0.3) is 10.2 Å². The molecule has 0 spiro atoms. The van der Waals surface area contributed by atoms with Crippen LogP contribution in [0, 0.1) is 12.7 Å². The number of alkyl halides is 3. The zero-order valence-electron chi connectivity index (χ0n) is 15.1. The maximum Gasteiger partial charge on any atom is 0.416 e. The zero-order valence-corrected chi connectivity index (χ0v) is 15.9. The summed E-state index contributed by atoms with van der Waals surface area (Å²) in [6, 6.07) is 5.53. The Balaban J connectivity index is 2.22. The van der Waals surface area contributed by atoms with Gasteiger partial charge in [-0.2, -0.15) is 18.2 Å². The first-order valence-electron chi connectivity index (χ1n) is 8.30. The molecular weight excluding hydrogens is 412 g/mol. The van der Waals surface area contributed by atoms with Gasteiger partial charge >= 0.3 is 12.1 Å². The fourth-order valence-electron chi connectivity index (χ4n) is 2.72. The Morgan fingerprint density at radius 1 is 1.21 bits per heavy atom. The van der Waals surface area contributed by atoms with E-state index >= 15 is 0 Å². The Hall–Kier alpha value is -3.01. The first kappa shape index (κ1) is 20.7. The molecule has 0 aliphatic heterocycles. The highest BCUT2D eigenvalue weighted by Gasteiger charge is 2.31. The third kappa shape index (κ3) is 3.93. The SMILES string of the molecule is Cc1ccc2c(sc(=NC(=O)c3cccc(C(F)(F)F)c3)n2C(C)C(=O)O)c1F. The van der Waals surface area contributed by atoms with Crippen LogP contribution in [0.5, 0.6) is 0 Å². The first-order chi connectivity index (χ1) is 13.5. The number of carbonyl (C=O) groups is 2. The van der Waals surface area contributed by atoms with E-state index in [9.17, 15) is 32.3 Å². The Morgan fingerprint density at radius 2 is 1.90 bits per heavy atom. The highest BCUT2D eigenvalue weighted by Crippen LogP contribution is 2.30. The monoisotopic (exact) mass is 426 g/mol. The summed E-state index contributed by atoms with van der Waals surface area (Å²) in [5, 5.41) is 9.38. The molecule has 0 fully saturated rings. The Bertz CT molecular complexity index is 1190. The van der Waals surface area contributed by atoms with Gasteiger partial charge in [-0.15, -0.1) is 0 Å². The van der Waals surface area contributed by atoms with Crippen molar-refractivity contribution in [3.8, 4) is 0 Å². The van der Waals surface area contributed by atoms with Crippen molar-refractivity contribution in [3.63, 3.8) is 0 Å². The number of benzene rings is 2. The number of amides is 1. The van der Waals surface area contributed by atoms with Gasteiger partial charge in [0.05, 0.1) is 15.8 Å². The molecule has 5 nitrogen and oxygen atoms in total. The number of hydrogen-bond donors (Lipinski definition) is 1. The molecule has 152 valence electrons. The molecule has 3 rings (SSSR count). The maximum absolute atomic E-state index is 14.5. The van der Waals surface area contributed by atoms with Crippen molar-refractivity contribution in [2.45, 2.75) is 26.1 Å². The van der Waals surface area contributed by atoms with Gasteiger partial charge in [0.1, 0.15) is 11.9 Å². The van der Waals surface area contributed by atoms with Crippen molar-refractivity contribution < 1.29 is 32.3 Å². The van der Waals surface area contributed by atoms with Crippen molar-refractivity contribution in [2.24, 2.45) is 4.99 Å². The number of aryl methyl sites for hydroxylation is 1. The number of thiazole rings is 1. The second-order valence-corrected chi connectivity index (χ2v) is 7.29. The minimum Gasteiger partial charge on any atom is -0.480 e. The number of carboxylic acids is 1. The van der Waals surface area contributed by atoms with Gasteiger partial charge < -0.3 is 9.67 Å². The van der Waals surface area contributed by atoms with Crippen molar-refractivity contribution in [1.82, 2.24) is 4.57 Å². The summed E-state index contributed by atoms with van der Waals surface area (Å²) < 4.78 is 54.4. The van der Waals surface area contributed by atoms with E-state index in [-0.39, 0.29) is 20.6 Å². The van der Waals surface area contributed by atoms with Gasteiger partial charge in [0.15, 0.2) is 4.80 Å². The number of carboxylic acid groups (broad SMARTS) is 1. The summed E-state index contributed by atoms with van der Waals surface area (Å²) in [6.07, 6.45) is -4.63. The van der Waals surface area contributed by atoms with Crippen LogP contribution >= 0.6 is 11.3 Å². The van der Waals surface area contributed by atoms with Gasteiger partial charge in [0.25, 0.3) is 5.91 Å². The minimum absolute atomic E-state index is 0.105. The molecule has 0 aliphatic carbocycles. The van der Waals surface area contributed by atoms with Crippen LogP contribution in [-0.4, -0.2) is 21.6 Å². The highest BCUT2D eigenvalue weighted by molar-refractivity contribution is 7.16. The van der Waals surface area contributed by atoms with Crippen molar-refractivity contribution >= 4 is 33.4 Å². The van der Waals surface area contributed by atoms with Gasteiger partial charge in [-0.1, -0.05) is 23.5 Å². The van der Waals surface area contributed by atoms with Crippen molar-refractivity contribution in [1.29, 1.82) is 0 Å². The lowest BCUT2D eigenvalue weighted by Gasteiger charge is -2.10. The van der Waals surface area contributed by atoms with E-state index in [4.69, 9.17) is 0 Å². The summed E-state index contributed by atoms with van der Waals surface area (Å²) in [5.41, 5.74) is -0.778. The largest absolute Gasteiger partial charge is 0.480 e. The molecule has 1 aromatic heterocycles. The molecular formula is C19H14F4N2O3S. The first-order valence-corrected chi connectivity index (χ1v) is 9.11. The van der Waals surface area contributed by atoms with E-state index in [2.05, 4.69) is 4.99 Å². The molecule has 2 aromatic carbocycles. The van der Waals surface area contributed by atoms with E-state index in [0.717, 1.165) is 23.5 Å². The predicted molar refractivity (Wildman–Crippen MR) is 98.2 cm³/mol. The van der Waals surface area contributed by atoms with E-state index in [1.165, 1.54) is 36.6 Å². The summed E-state index contributed by atoms with van der Waals surface area (Å²) in [5.74, 6) is -2.81. The minimum atomic E-state index is -4.63. The zero-order chi connectivity index (χ0) is 21.5. The Morgan fingerprint density at radius 3 is 2.52 bits per heavy atom. The van der Waals surface area contributed by atoms with E-state index in [1.807, 2.05) is 0 Å². The predicted octanol–water partition coefficient (Wildman–Crippen LogP) is 4.56. The maximum atomic E-state index is 14.5. The molecule has 0 aliphatic rings. The van der Waals surface area contributed by atoms with Crippen LogP contribution in [0.2, 0.25) is 0 Å². The van der Waals surface area contributed by atoms with Crippen LogP contribution in [0.3, 0.4) is 0 Å². The lowest BCUT2D eigenvalue weighted by molar-refractivity contribution is -0.140. The molecule has 10 heteroatoms. The molecule has 0 radical (unpaired) electrons. The Labute approximate surface area is 165 Å². The summed E-state index contributed by atoms with van der Waals surface area (Å²) in [4.78, 5) is 27.7. The third-order valence-electron chi connectivity index (χ3n) is 4.31. The Kier molecular flexibility index (Phi) is 5.31. The van der Waals surface area contributed by atoms with Gasteiger partial charge in [0.2, 0.25) is 0 Å². The van der Waals surface area contributed by atoms with Crippen LogP contribution in [0.15, 0.2) is 41.4 Å². The lowest BCUT2D eigenvalue weighted by atomic mass is 10.1. The molecule has 1 unspecified atom stereocenters. The smallest absolute Gasteiger partial charge is 0.416 e. The summed E-state index contributed by atoms with van der Waals surface area (Å²) in [7, 11) is 0. The highest BCUT2D eigenvalue weighted by atomic mass is 32.1. The van der Waals surface area contributed by atoms with E-state index < -0.39 is 35.5 Å².